The number of benzene rings is 1. The van der Waals surface area contributed by atoms with Gasteiger partial charge < -0.3 is 5.73 Å². The molecule has 0 atom stereocenters. The molecule has 0 unspecified atom stereocenters. The molecule has 0 bridgehead atoms. The topological polar surface area (TPSA) is 98.0 Å². The van der Waals surface area contributed by atoms with Crippen molar-refractivity contribution in [2.45, 2.75) is 39.0 Å². The Labute approximate surface area is 120 Å². The first kappa shape index (κ1) is 15.7. The number of aryl methyl sites for hydroxylation is 1. The van der Waals surface area contributed by atoms with Gasteiger partial charge in [-0.05, 0) is 30.5 Å². The predicted octanol–water partition coefficient (Wildman–Crippen LogP) is 3.04. The van der Waals surface area contributed by atoms with Crippen LogP contribution in [-0.2, 0) is 6.42 Å². The Bertz CT molecular complexity index is 496. The normalized spacial score (nSPS) is 10.9. The molecule has 1 rings (SSSR count). The van der Waals surface area contributed by atoms with Gasteiger partial charge in [0.15, 0.2) is 5.84 Å². The van der Waals surface area contributed by atoms with Crippen molar-refractivity contribution in [2.24, 2.45) is 10.8 Å². The molecule has 0 fully saturated rings. The highest BCUT2D eigenvalue weighted by atomic mass is 15.3. The number of nitrogens with one attached hydrogen (secondary N) is 2. The van der Waals surface area contributed by atoms with Gasteiger partial charge in [0.05, 0.1) is 5.69 Å². The standard InChI is InChI=1S/C15H21N5/c1-2-3-4-5-6-12-7-9-13(10-8-12)19-20-14(11-16)15(17)18/h7-10,19H,2-6H2,1H3,(H3,17,18)/b20-14+. The van der Waals surface area contributed by atoms with E-state index < -0.39 is 0 Å². The SMILES string of the molecule is CCCCCCc1ccc(N/N=C(\C#N)C(=N)N)cc1. The van der Waals surface area contributed by atoms with Gasteiger partial charge in [0, 0.05) is 0 Å². The molecule has 5 heteroatoms. The van der Waals surface area contributed by atoms with E-state index in [0.29, 0.717) is 0 Å². The molecule has 0 heterocycles. The highest BCUT2D eigenvalue weighted by Crippen LogP contribution is 2.12. The van der Waals surface area contributed by atoms with Crippen molar-refractivity contribution in [1.29, 1.82) is 10.7 Å². The molecule has 4 N–H and O–H groups in total. The van der Waals surface area contributed by atoms with E-state index in [-0.39, 0.29) is 11.5 Å². The molecule has 5 nitrogen and oxygen atoms in total. The second kappa shape index (κ2) is 8.70. The number of hydrogen-bond acceptors (Lipinski definition) is 4. The molecule has 1 aromatic rings. The van der Waals surface area contributed by atoms with E-state index in [0.717, 1.165) is 12.1 Å². The second-order valence-corrected chi connectivity index (χ2v) is 4.61. The van der Waals surface area contributed by atoms with Gasteiger partial charge in [0.2, 0.25) is 5.71 Å². The zero-order valence-electron chi connectivity index (χ0n) is 11.8. The third-order valence-electron chi connectivity index (χ3n) is 2.93. The Hall–Kier alpha value is -2.35. The monoisotopic (exact) mass is 271 g/mol. The number of hydrazone groups is 1. The lowest BCUT2D eigenvalue weighted by atomic mass is 10.1. The molecule has 1 aromatic carbocycles. The molecule has 0 aliphatic heterocycles. The van der Waals surface area contributed by atoms with Gasteiger partial charge in [-0.2, -0.15) is 10.4 Å². The van der Waals surface area contributed by atoms with E-state index in [4.69, 9.17) is 16.4 Å². The fraction of sp³-hybridized carbons (Fsp3) is 0.400. The van der Waals surface area contributed by atoms with Crippen LogP contribution >= 0.6 is 0 Å². The third-order valence-corrected chi connectivity index (χ3v) is 2.93. The maximum atomic E-state index is 8.72. The third kappa shape index (κ3) is 5.53. The van der Waals surface area contributed by atoms with Crippen molar-refractivity contribution in [2.75, 3.05) is 5.43 Å². The summed E-state index contributed by atoms with van der Waals surface area (Å²) in [6.07, 6.45) is 6.10. The van der Waals surface area contributed by atoms with Crippen molar-refractivity contribution < 1.29 is 0 Å². The molecule has 0 aromatic heterocycles. The number of nitrogens with two attached hydrogens (primary N) is 1. The summed E-state index contributed by atoms with van der Waals surface area (Å²) in [6, 6.07) is 9.67. The summed E-state index contributed by atoms with van der Waals surface area (Å²) in [7, 11) is 0. The van der Waals surface area contributed by atoms with Crippen LogP contribution in [0.25, 0.3) is 0 Å². The fourth-order valence-corrected chi connectivity index (χ4v) is 1.77. The number of amidine groups is 1. The van der Waals surface area contributed by atoms with E-state index in [1.807, 2.05) is 24.3 Å². The Morgan fingerprint density at radius 1 is 1.30 bits per heavy atom. The van der Waals surface area contributed by atoms with E-state index in [9.17, 15) is 0 Å². The lowest BCUT2D eigenvalue weighted by Gasteiger charge is -2.04. The molecule has 0 saturated carbocycles. The Kier molecular flexibility index (Phi) is 6.83. The number of anilines is 1. The number of unbranched alkanes of at least 4 members (excludes halogenated alkanes) is 3. The van der Waals surface area contributed by atoms with E-state index in [1.54, 1.807) is 6.07 Å². The number of rotatable bonds is 8. The minimum atomic E-state index is -0.340. The van der Waals surface area contributed by atoms with Crippen LogP contribution in [0.3, 0.4) is 0 Å². The van der Waals surface area contributed by atoms with Gasteiger partial charge in [-0.3, -0.25) is 10.8 Å². The van der Waals surface area contributed by atoms with Crippen LogP contribution in [0.4, 0.5) is 5.69 Å². The average molecular weight is 271 g/mol. The highest BCUT2D eigenvalue weighted by molar-refractivity contribution is 6.45. The molecule has 20 heavy (non-hydrogen) atoms. The zero-order chi connectivity index (χ0) is 14.8. The summed E-state index contributed by atoms with van der Waals surface area (Å²) < 4.78 is 0. The van der Waals surface area contributed by atoms with Crippen LogP contribution in [0.5, 0.6) is 0 Å². The van der Waals surface area contributed by atoms with E-state index in [1.165, 1.54) is 31.2 Å². The lowest BCUT2D eigenvalue weighted by Crippen LogP contribution is -2.21. The van der Waals surface area contributed by atoms with Crippen LogP contribution in [0, 0.1) is 16.7 Å². The Morgan fingerprint density at radius 2 is 2.00 bits per heavy atom. The minimum Gasteiger partial charge on any atom is -0.382 e. The van der Waals surface area contributed by atoms with Crippen molar-refractivity contribution in [3.05, 3.63) is 29.8 Å². The second-order valence-electron chi connectivity index (χ2n) is 4.61. The van der Waals surface area contributed by atoms with Crippen LogP contribution in [0.1, 0.15) is 38.2 Å². The smallest absolute Gasteiger partial charge is 0.201 e. The van der Waals surface area contributed by atoms with Gasteiger partial charge in [0.25, 0.3) is 0 Å². The van der Waals surface area contributed by atoms with Crippen LogP contribution < -0.4 is 11.2 Å². The van der Waals surface area contributed by atoms with E-state index in [2.05, 4.69) is 17.5 Å². The number of nitriles is 1. The molecular weight excluding hydrogens is 250 g/mol. The predicted molar refractivity (Wildman–Crippen MR) is 82.9 cm³/mol. The summed E-state index contributed by atoms with van der Waals surface area (Å²) >= 11 is 0. The zero-order valence-corrected chi connectivity index (χ0v) is 11.8. The molecular formula is C15H21N5. The molecule has 0 saturated heterocycles. The van der Waals surface area contributed by atoms with Crippen molar-refractivity contribution >= 4 is 17.2 Å². The number of hydrogen-bond donors (Lipinski definition) is 3. The molecule has 0 aliphatic carbocycles. The summed E-state index contributed by atoms with van der Waals surface area (Å²) in [5.41, 5.74) is 9.88. The van der Waals surface area contributed by atoms with Gasteiger partial charge in [0.1, 0.15) is 6.07 Å². The minimum absolute atomic E-state index is 0.117. The van der Waals surface area contributed by atoms with Crippen molar-refractivity contribution in [1.82, 2.24) is 0 Å². The van der Waals surface area contributed by atoms with Gasteiger partial charge in [-0.25, -0.2) is 0 Å². The van der Waals surface area contributed by atoms with Crippen LogP contribution in [-0.4, -0.2) is 11.5 Å². The summed E-state index contributed by atoms with van der Waals surface area (Å²) in [5, 5.41) is 19.6. The molecule has 0 aliphatic rings. The largest absolute Gasteiger partial charge is 0.382 e. The molecule has 0 amide bonds. The summed E-state index contributed by atoms with van der Waals surface area (Å²) in [4.78, 5) is 0. The maximum Gasteiger partial charge on any atom is 0.201 e. The van der Waals surface area contributed by atoms with Crippen LogP contribution in [0.15, 0.2) is 29.4 Å². The lowest BCUT2D eigenvalue weighted by molar-refractivity contribution is 0.667. The fourth-order valence-electron chi connectivity index (χ4n) is 1.77. The quantitative estimate of drug-likeness (QED) is 0.293. The number of nitrogens with zero attached hydrogens (tertiary/aromatic N) is 2. The van der Waals surface area contributed by atoms with E-state index >= 15 is 0 Å². The molecule has 0 radical (unpaired) electrons. The summed E-state index contributed by atoms with van der Waals surface area (Å²) in [6.45, 7) is 2.21. The van der Waals surface area contributed by atoms with Crippen LogP contribution in [0.2, 0.25) is 0 Å². The van der Waals surface area contributed by atoms with Gasteiger partial charge in [-0.1, -0.05) is 38.3 Å². The Morgan fingerprint density at radius 3 is 2.55 bits per heavy atom. The summed E-state index contributed by atoms with van der Waals surface area (Å²) in [5.74, 6) is -0.340. The molecule has 106 valence electrons. The Balaban J connectivity index is 2.50. The van der Waals surface area contributed by atoms with Gasteiger partial charge in [-0.15, -0.1) is 0 Å². The average Bonchev–Trinajstić information content (AvgIpc) is 2.45. The van der Waals surface area contributed by atoms with Crippen molar-refractivity contribution in [3.8, 4) is 6.07 Å². The highest BCUT2D eigenvalue weighted by Gasteiger charge is 2.00. The maximum absolute atomic E-state index is 8.72. The van der Waals surface area contributed by atoms with Gasteiger partial charge >= 0.3 is 0 Å². The first-order valence-corrected chi connectivity index (χ1v) is 6.84. The first-order valence-electron chi connectivity index (χ1n) is 6.84. The molecule has 0 spiro atoms. The first-order chi connectivity index (χ1) is 9.67. The van der Waals surface area contributed by atoms with Crippen molar-refractivity contribution in [3.63, 3.8) is 0 Å².